The molecule has 4 fully saturated rings. The molecule has 0 radical (unpaired) electrons. The van der Waals surface area contributed by atoms with Gasteiger partial charge in [-0.25, -0.2) is 20.1 Å². The Kier molecular flexibility index (Phi) is 20.7. The minimum Gasteiger partial charge on any atom is -0.465 e. The second-order valence-electron chi connectivity index (χ2n) is 22.9. The molecule has 9 unspecified atom stereocenters. The molecule has 13 nitrogen and oxygen atoms in total. The zero-order valence-electron chi connectivity index (χ0n) is 44.4. The summed E-state index contributed by atoms with van der Waals surface area (Å²) in [5, 5.41) is 0. The Labute approximate surface area is 436 Å². The third-order valence-corrected chi connectivity index (χ3v) is 17.2. The van der Waals surface area contributed by atoms with E-state index in [0.717, 1.165) is 50.3 Å². The first-order chi connectivity index (χ1) is 33.5. The van der Waals surface area contributed by atoms with Gasteiger partial charge in [-0.05, 0) is 149 Å². The van der Waals surface area contributed by atoms with Crippen molar-refractivity contribution in [2.24, 2.45) is 34.0 Å². The van der Waals surface area contributed by atoms with E-state index in [1.54, 1.807) is 34.6 Å². The average molecular weight is 1050 g/mol. The summed E-state index contributed by atoms with van der Waals surface area (Å²) in [6, 6.07) is 0. The maximum absolute atomic E-state index is 15.5. The number of hydrogen-bond donors (Lipinski definition) is 0. The molecule has 0 aromatic rings. The van der Waals surface area contributed by atoms with Crippen LogP contribution in [0.2, 0.25) is 0 Å². The summed E-state index contributed by atoms with van der Waals surface area (Å²) in [6.45, 7) is 28.9. The van der Waals surface area contributed by atoms with Crippen molar-refractivity contribution >= 4 is 64.0 Å². The van der Waals surface area contributed by atoms with Gasteiger partial charge in [0.1, 0.15) is 15.9 Å². The lowest BCUT2D eigenvalue weighted by molar-refractivity contribution is -0.186. The number of halogens is 2. The number of thiocarbonyl (C=S) groups is 1. The van der Waals surface area contributed by atoms with Gasteiger partial charge in [0, 0.05) is 37.3 Å². The first kappa shape index (κ1) is 60.6. The van der Waals surface area contributed by atoms with Crippen molar-refractivity contribution in [3.05, 3.63) is 36.7 Å². The van der Waals surface area contributed by atoms with Crippen molar-refractivity contribution in [3.63, 3.8) is 0 Å². The number of nitrogens with zero attached hydrogens (tertiary/aromatic N) is 1. The van der Waals surface area contributed by atoms with Crippen LogP contribution in [0.1, 0.15) is 184 Å². The highest BCUT2D eigenvalue weighted by molar-refractivity contribution is 8.24. The van der Waals surface area contributed by atoms with Gasteiger partial charge in [-0.15, -0.1) is 24.9 Å². The third kappa shape index (κ3) is 15.8. The molecule has 0 N–H and O–H groups in total. The first-order valence-corrected chi connectivity index (χ1v) is 27.1. The molecule has 4 aliphatic rings. The molecule has 9 atom stereocenters. The minimum atomic E-state index is -3.44. The average Bonchev–Trinajstić information content (AvgIpc) is 4.14. The summed E-state index contributed by atoms with van der Waals surface area (Å²) in [5.41, 5.74) is -8.79. The summed E-state index contributed by atoms with van der Waals surface area (Å²) in [7, 11) is 0. The number of alkyl halides is 2. The van der Waals surface area contributed by atoms with Crippen LogP contribution in [0.5, 0.6) is 0 Å². The SMILES string of the molecule is [C-]#[N+]C(C)(CCC(=O)OCC1CC(C=C)CC1C=C)CC(C)(CC(C)(CC(C)(CC(C)(SC(C)=S)C(=O)OC1CCOC1=O)C(=O)OC1(CC)CCCC1)C(=O)OC1(CC)CCCC1)C(=O)OCC(C)(F)F. The quantitative estimate of drug-likeness (QED) is 0.0251. The van der Waals surface area contributed by atoms with Crippen LogP contribution in [-0.4, -0.2) is 93.3 Å². The van der Waals surface area contributed by atoms with E-state index >= 15 is 9.59 Å². The number of esters is 6. The van der Waals surface area contributed by atoms with Gasteiger partial charge in [0.2, 0.25) is 11.6 Å². The van der Waals surface area contributed by atoms with E-state index in [2.05, 4.69) is 18.0 Å². The molecule has 72 heavy (non-hydrogen) atoms. The minimum absolute atomic E-state index is 0.0466. The van der Waals surface area contributed by atoms with Crippen molar-refractivity contribution in [3.8, 4) is 0 Å². The van der Waals surface area contributed by atoms with Crippen molar-refractivity contribution in [2.75, 3.05) is 19.8 Å². The second-order valence-corrected chi connectivity index (χ2v) is 25.5. The van der Waals surface area contributed by atoms with E-state index in [9.17, 15) is 28.0 Å². The Morgan fingerprint density at radius 2 is 1.33 bits per heavy atom. The largest absolute Gasteiger partial charge is 0.465 e. The van der Waals surface area contributed by atoms with Gasteiger partial charge in [-0.1, -0.05) is 38.2 Å². The van der Waals surface area contributed by atoms with Gasteiger partial charge < -0.3 is 33.3 Å². The Morgan fingerprint density at radius 1 is 0.806 bits per heavy atom. The Morgan fingerprint density at radius 3 is 1.78 bits per heavy atom. The van der Waals surface area contributed by atoms with Crippen LogP contribution in [0, 0.1) is 40.6 Å². The number of hydrogen-bond acceptors (Lipinski definition) is 14. The number of thioether (sulfide) groups is 1. The normalized spacial score (nSPS) is 25.6. The van der Waals surface area contributed by atoms with Crippen molar-refractivity contribution in [1.82, 2.24) is 0 Å². The smallest absolute Gasteiger partial charge is 0.347 e. The predicted octanol–water partition coefficient (Wildman–Crippen LogP) is 12.0. The van der Waals surface area contributed by atoms with Gasteiger partial charge >= 0.3 is 35.8 Å². The van der Waals surface area contributed by atoms with Gasteiger partial charge in [0.15, 0.2) is 6.61 Å². The van der Waals surface area contributed by atoms with E-state index in [0.29, 0.717) is 49.6 Å². The zero-order chi connectivity index (χ0) is 54.0. The molecule has 0 spiro atoms. The van der Waals surface area contributed by atoms with Crippen LogP contribution in [0.15, 0.2) is 25.3 Å². The maximum atomic E-state index is 15.5. The second kappa shape index (κ2) is 24.6. The molecule has 17 heteroatoms. The van der Waals surface area contributed by atoms with Gasteiger partial charge in [-0.3, -0.25) is 24.0 Å². The van der Waals surface area contributed by atoms with Crippen LogP contribution in [0.3, 0.4) is 0 Å². The first-order valence-electron chi connectivity index (χ1n) is 25.9. The summed E-state index contributed by atoms with van der Waals surface area (Å²) in [6.07, 6.45) is 8.85. The number of rotatable bonds is 27. The molecule has 404 valence electrons. The van der Waals surface area contributed by atoms with Crippen LogP contribution < -0.4 is 0 Å². The molecule has 1 heterocycles. The van der Waals surface area contributed by atoms with Crippen LogP contribution >= 0.6 is 24.0 Å². The van der Waals surface area contributed by atoms with Crippen LogP contribution in [0.25, 0.3) is 4.85 Å². The summed E-state index contributed by atoms with van der Waals surface area (Å²) >= 11 is 6.51. The van der Waals surface area contributed by atoms with Gasteiger partial charge in [0.25, 0.3) is 5.92 Å². The molecular formula is C55H81F2NO12S2. The van der Waals surface area contributed by atoms with E-state index in [-0.39, 0.29) is 63.1 Å². The Bertz CT molecular complexity index is 2060. The fraction of sp³-hybridized carbons (Fsp3) is 0.782. The summed E-state index contributed by atoms with van der Waals surface area (Å²) in [5.74, 6) is -7.73. The molecule has 0 aromatic heterocycles. The number of carbonyl (C=O) groups excluding carboxylic acids is 6. The summed E-state index contributed by atoms with van der Waals surface area (Å²) in [4.78, 5) is 89.9. The number of carbonyl (C=O) groups is 6. The molecule has 0 aromatic carbocycles. The fourth-order valence-corrected chi connectivity index (χ4v) is 13.7. The van der Waals surface area contributed by atoms with E-state index in [4.69, 9.17) is 47.2 Å². The topological polar surface area (TPSA) is 162 Å². The standard InChI is InChI=1S/C55H81F2NO12S2/c1-13-38-29-39(14-2)40(30-38)31-66-42(59)21-27-51(9,58-12)34-49(7,44(61)67-36-53(11,56)57)32-48(6,45(62)69-54(15-3)23-17-18-24-54)33-50(8,46(63)70-55(16-4)25-19-20-26-55)35-52(10,72-37(5)71)47(64)68-41-22-28-65-43(41)60/h13-14,38-41H,1-2,15-36H2,3-11H3. The number of allylic oxidation sites excluding steroid dienone is 2. The summed E-state index contributed by atoms with van der Waals surface area (Å²) < 4.78 is 62.8. The number of cyclic esters (lactones) is 1. The number of ether oxygens (including phenoxy) is 6. The Hall–Kier alpha value is -3.91. The van der Waals surface area contributed by atoms with Crippen LogP contribution in [0.4, 0.5) is 8.78 Å². The lowest BCUT2D eigenvalue weighted by Crippen LogP contribution is -2.52. The lowest BCUT2D eigenvalue weighted by Gasteiger charge is -2.45. The molecule has 4 rings (SSSR count). The zero-order valence-corrected chi connectivity index (χ0v) is 46.0. The van der Waals surface area contributed by atoms with Crippen molar-refractivity contribution in [1.29, 1.82) is 0 Å². The van der Waals surface area contributed by atoms with E-state index < -0.39 is 105 Å². The van der Waals surface area contributed by atoms with E-state index in [1.165, 1.54) is 6.92 Å². The van der Waals surface area contributed by atoms with E-state index in [1.807, 2.05) is 26.0 Å². The third-order valence-electron chi connectivity index (χ3n) is 15.9. The highest BCUT2D eigenvalue weighted by Crippen LogP contribution is 2.54. The lowest BCUT2D eigenvalue weighted by atomic mass is 9.61. The molecule has 1 aliphatic heterocycles. The monoisotopic (exact) mass is 1050 g/mol. The van der Waals surface area contributed by atoms with Crippen LogP contribution in [-0.2, 0) is 57.2 Å². The maximum Gasteiger partial charge on any atom is 0.347 e. The van der Waals surface area contributed by atoms with Crippen molar-refractivity contribution < 1.29 is 66.0 Å². The molecule has 3 saturated carbocycles. The highest BCUT2D eigenvalue weighted by atomic mass is 32.2. The Balaban J connectivity index is 1.84. The molecule has 0 bridgehead atoms. The fourth-order valence-electron chi connectivity index (χ4n) is 12.0. The molecular weight excluding hydrogens is 969 g/mol. The predicted molar refractivity (Wildman–Crippen MR) is 275 cm³/mol. The van der Waals surface area contributed by atoms with Crippen molar-refractivity contribution in [2.45, 2.75) is 218 Å². The highest BCUT2D eigenvalue weighted by Gasteiger charge is 2.59. The molecule has 3 aliphatic carbocycles. The molecule has 1 saturated heterocycles. The molecule has 0 amide bonds. The van der Waals surface area contributed by atoms with Gasteiger partial charge in [-0.2, -0.15) is 0 Å². The van der Waals surface area contributed by atoms with Gasteiger partial charge in [0.05, 0.1) is 35.9 Å².